The van der Waals surface area contributed by atoms with Gasteiger partial charge in [0.25, 0.3) is 0 Å². The van der Waals surface area contributed by atoms with Gasteiger partial charge in [-0.05, 0) is 0 Å². The molecule has 0 fully saturated rings. The molecule has 0 rings (SSSR count). The van der Waals surface area contributed by atoms with Gasteiger partial charge in [-0.3, -0.25) is 0 Å². The van der Waals surface area contributed by atoms with Gasteiger partial charge in [0.05, 0.1) is 37.4 Å². The molecule has 14 heavy (non-hydrogen) atoms. The number of likely N-dealkylation sites (N-methyl/N-ethyl adjacent to an activating group) is 1. The fourth-order valence-electron chi connectivity index (χ4n) is 1.12. The average molecular weight is 225 g/mol. The number of quaternary nitrogens is 1. The molecule has 0 aromatic carbocycles. The third-order valence-electron chi connectivity index (χ3n) is 2.06. The van der Waals surface area contributed by atoms with Gasteiger partial charge >= 0.3 is 0 Å². The molecule has 0 saturated carbocycles. The summed E-state index contributed by atoms with van der Waals surface area (Å²) in [5.41, 5.74) is 0. The molecular weight excluding hydrogens is 206 g/mol. The molecular formula is C8H19NO4S. The van der Waals surface area contributed by atoms with Crippen LogP contribution in [0.5, 0.6) is 0 Å². The first-order valence-corrected chi connectivity index (χ1v) is 6.09. The Balaban J connectivity index is 3.76. The molecule has 0 N–H and O–H groups in total. The first-order chi connectivity index (χ1) is 6.27. The predicted octanol–water partition coefficient (Wildman–Crippen LogP) is -0.355. The zero-order valence-electron chi connectivity index (χ0n) is 9.02. The lowest BCUT2D eigenvalue weighted by atomic mass is 10.4. The predicted molar refractivity (Wildman–Crippen MR) is 52.9 cm³/mol. The zero-order valence-corrected chi connectivity index (χ0v) is 9.84. The van der Waals surface area contributed by atoms with Crippen molar-refractivity contribution < 1.29 is 22.2 Å². The Hall–Kier alpha value is -0.170. The van der Waals surface area contributed by atoms with Gasteiger partial charge in [-0.25, -0.2) is 8.42 Å². The van der Waals surface area contributed by atoms with E-state index in [0.717, 1.165) is 6.54 Å². The van der Waals surface area contributed by atoms with Gasteiger partial charge in [-0.1, -0.05) is 0 Å². The lowest BCUT2D eigenvalue weighted by Crippen LogP contribution is -2.43. The molecule has 0 aliphatic heterocycles. The summed E-state index contributed by atoms with van der Waals surface area (Å²) in [6.45, 7) is 2.12. The highest BCUT2D eigenvalue weighted by atomic mass is 32.2. The summed E-state index contributed by atoms with van der Waals surface area (Å²) in [5, 5.41) is 0. The smallest absolute Gasteiger partial charge is 0.102 e. The molecule has 0 unspecified atom stereocenters. The van der Waals surface area contributed by atoms with Crippen LogP contribution < -0.4 is 0 Å². The summed E-state index contributed by atoms with van der Waals surface area (Å²) in [7, 11) is 1.53. The highest BCUT2D eigenvalue weighted by Gasteiger charge is 2.14. The van der Waals surface area contributed by atoms with Crippen molar-refractivity contribution in [2.24, 2.45) is 0 Å². The third kappa shape index (κ3) is 8.43. The van der Waals surface area contributed by atoms with Crippen molar-refractivity contribution in [2.75, 3.05) is 46.7 Å². The Morgan fingerprint density at radius 3 is 2.29 bits per heavy atom. The van der Waals surface area contributed by atoms with E-state index in [-0.39, 0.29) is 5.75 Å². The maximum absolute atomic E-state index is 10.3. The van der Waals surface area contributed by atoms with Gasteiger partial charge < -0.3 is 13.8 Å². The molecule has 86 valence electrons. The third-order valence-corrected chi connectivity index (χ3v) is 2.85. The van der Waals surface area contributed by atoms with E-state index in [0.29, 0.717) is 24.1 Å². The van der Waals surface area contributed by atoms with Gasteiger partial charge in [0.1, 0.15) is 6.54 Å². The summed E-state index contributed by atoms with van der Waals surface area (Å²) < 4.78 is 36.6. The monoisotopic (exact) mass is 225 g/mol. The van der Waals surface area contributed by atoms with Crippen molar-refractivity contribution in [3.8, 4) is 0 Å². The van der Waals surface area contributed by atoms with E-state index < -0.39 is 10.1 Å². The largest absolute Gasteiger partial charge is 0.748 e. The van der Waals surface area contributed by atoms with Crippen LogP contribution in [0.4, 0.5) is 0 Å². The topological polar surface area (TPSA) is 66.4 Å². The summed E-state index contributed by atoms with van der Waals surface area (Å²) in [5.74, 6) is -0.276. The van der Waals surface area contributed by atoms with Crippen molar-refractivity contribution in [3.63, 3.8) is 0 Å². The second-order valence-electron chi connectivity index (χ2n) is 3.99. The summed E-state index contributed by atoms with van der Waals surface area (Å²) in [6, 6.07) is 0. The highest BCUT2D eigenvalue weighted by Crippen LogP contribution is 2.00. The normalized spacial score (nSPS) is 13.1. The molecule has 0 aliphatic rings. The van der Waals surface area contributed by atoms with Crippen LogP contribution in [0.3, 0.4) is 0 Å². The molecule has 0 radical (unpaired) electrons. The Bertz CT molecular complexity index is 248. The van der Waals surface area contributed by atoms with Crippen LogP contribution in [0.2, 0.25) is 0 Å². The van der Waals surface area contributed by atoms with Crippen LogP contribution >= 0.6 is 0 Å². The van der Waals surface area contributed by atoms with Gasteiger partial charge in [0.15, 0.2) is 0 Å². The van der Waals surface area contributed by atoms with Gasteiger partial charge in [0.2, 0.25) is 0 Å². The standard InChI is InChI=1S/C8H19NO4S/c1-9(2,6-7-13-3)5-4-8-14(10,11)12/h4-8H2,1-3H3. The quantitative estimate of drug-likeness (QED) is 0.438. The second kappa shape index (κ2) is 5.65. The number of hydrogen-bond donors (Lipinski definition) is 0. The molecule has 0 aromatic rings. The fraction of sp³-hybridized carbons (Fsp3) is 1.00. The van der Waals surface area contributed by atoms with Gasteiger partial charge in [0, 0.05) is 19.3 Å². The minimum absolute atomic E-state index is 0.276. The molecule has 0 amide bonds. The van der Waals surface area contributed by atoms with Gasteiger partial charge in [-0.15, -0.1) is 0 Å². The maximum Gasteiger partial charge on any atom is 0.102 e. The SMILES string of the molecule is COCC[N+](C)(C)CCCS(=O)(=O)[O-]. The number of rotatable bonds is 7. The summed E-state index contributed by atoms with van der Waals surface area (Å²) >= 11 is 0. The molecule has 0 bridgehead atoms. The number of nitrogens with zero attached hydrogens (tertiary/aromatic N) is 1. The summed E-state index contributed by atoms with van der Waals surface area (Å²) in [4.78, 5) is 0. The van der Waals surface area contributed by atoms with E-state index >= 15 is 0 Å². The lowest BCUT2D eigenvalue weighted by molar-refractivity contribution is -0.890. The van der Waals surface area contributed by atoms with E-state index in [4.69, 9.17) is 4.74 Å². The van der Waals surface area contributed by atoms with E-state index in [1.165, 1.54) is 0 Å². The number of ether oxygens (including phenoxy) is 1. The van der Waals surface area contributed by atoms with Crippen LogP contribution in [0.25, 0.3) is 0 Å². The molecule has 0 aliphatic carbocycles. The van der Waals surface area contributed by atoms with E-state index in [2.05, 4.69) is 0 Å². The van der Waals surface area contributed by atoms with E-state index in [9.17, 15) is 13.0 Å². The average Bonchev–Trinajstić information content (AvgIpc) is 1.98. The zero-order chi connectivity index (χ0) is 11.2. The maximum atomic E-state index is 10.3. The Morgan fingerprint density at radius 2 is 1.86 bits per heavy atom. The fourth-order valence-corrected chi connectivity index (χ4v) is 1.60. The molecule has 0 heterocycles. The Labute approximate surface area is 86.0 Å². The minimum Gasteiger partial charge on any atom is -0.748 e. The highest BCUT2D eigenvalue weighted by molar-refractivity contribution is 7.85. The Morgan fingerprint density at radius 1 is 1.29 bits per heavy atom. The minimum atomic E-state index is -4.06. The first kappa shape index (κ1) is 13.8. The van der Waals surface area contributed by atoms with Crippen molar-refractivity contribution in [2.45, 2.75) is 6.42 Å². The molecule has 0 saturated heterocycles. The van der Waals surface area contributed by atoms with Crippen molar-refractivity contribution >= 4 is 10.1 Å². The lowest BCUT2D eigenvalue weighted by Gasteiger charge is -2.29. The van der Waals surface area contributed by atoms with Crippen molar-refractivity contribution in [1.29, 1.82) is 0 Å². The van der Waals surface area contributed by atoms with Crippen LogP contribution in [0, 0.1) is 0 Å². The molecule has 0 spiro atoms. The first-order valence-electron chi connectivity index (χ1n) is 4.51. The number of methoxy groups -OCH3 is 1. The van der Waals surface area contributed by atoms with Gasteiger partial charge in [-0.2, -0.15) is 0 Å². The molecule has 5 nitrogen and oxygen atoms in total. The molecule has 0 atom stereocenters. The number of hydrogen-bond acceptors (Lipinski definition) is 4. The van der Waals surface area contributed by atoms with Crippen molar-refractivity contribution in [1.82, 2.24) is 0 Å². The van der Waals surface area contributed by atoms with Crippen LogP contribution in [-0.2, 0) is 14.9 Å². The van der Waals surface area contributed by atoms with Crippen LogP contribution in [-0.4, -0.2) is 64.1 Å². The second-order valence-corrected chi connectivity index (χ2v) is 5.51. The summed E-state index contributed by atoms with van der Waals surface area (Å²) in [6.07, 6.45) is 0.405. The van der Waals surface area contributed by atoms with Crippen molar-refractivity contribution in [3.05, 3.63) is 0 Å². The Kier molecular flexibility index (Phi) is 5.58. The van der Waals surface area contributed by atoms with Crippen LogP contribution in [0.15, 0.2) is 0 Å². The van der Waals surface area contributed by atoms with E-state index in [1.54, 1.807) is 7.11 Å². The molecule has 6 heteroatoms. The van der Waals surface area contributed by atoms with E-state index in [1.807, 2.05) is 14.1 Å². The van der Waals surface area contributed by atoms with Crippen LogP contribution in [0.1, 0.15) is 6.42 Å². The molecule has 0 aromatic heterocycles.